The van der Waals surface area contributed by atoms with E-state index >= 15 is 0 Å². The molecule has 0 aromatic heterocycles. The number of benzene rings is 1. The van der Waals surface area contributed by atoms with Crippen LogP contribution in [0.1, 0.15) is 11.1 Å². The highest BCUT2D eigenvalue weighted by Gasteiger charge is 2.33. The highest BCUT2D eigenvalue weighted by molar-refractivity contribution is 5.28. The summed E-state index contributed by atoms with van der Waals surface area (Å²) in [6.45, 7) is 2.77. The Labute approximate surface area is 98.0 Å². The molecule has 0 unspecified atom stereocenters. The minimum Gasteiger partial charge on any atom is -0.379 e. The summed E-state index contributed by atoms with van der Waals surface area (Å²) in [6.07, 6.45) is -4.31. The van der Waals surface area contributed by atoms with Gasteiger partial charge >= 0.3 is 6.18 Å². The van der Waals surface area contributed by atoms with Crippen molar-refractivity contribution in [2.45, 2.75) is 12.7 Å². The number of nitrogens with zero attached hydrogens (tertiary/aromatic N) is 1. The molecule has 1 aromatic carbocycles. The third kappa shape index (κ3) is 3.20. The van der Waals surface area contributed by atoms with Gasteiger partial charge in [-0.15, -0.1) is 0 Å². The number of hydrogen-bond donors (Lipinski definition) is 0. The minimum absolute atomic E-state index is 0.210. The zero-order valence-electron chi connectivity index (χ0n) is 9.26. The third-order valence-corrected chi connectivity index (χ3v) is 2.73. The second-order valence-electron chi connectivity index (χ2n) is 3.95. The van der Waals surface area contributed by atoms with Crippen molar-refractivity contribution in [3.8, 4) is 0 Å². The average molecular weight is 244 g/mol. The van der Waals surface area contributed by atoms with Gasteiger partial charge in [0, 0.05) is 19.6 Å². The minimum atomic E-state index is -4.31. The van der Waals surface area contributed by atoms with Gasteiger partial charge in [-0.2, -0.15) is 13.2 Å². The fourth-order valence-electron chi connectivity index (χ4n) is 1.85. The summed E-state index contributed by atoms with van der Waals surface area (Å²) in [7, 11) is 0. The molecule has 0 atom stereocenters. The van der Waals surface area contributed by atoms with Crippen LogP contribution in [0.15, 0.2) is 18.2 Å². The predicted molar refractivity (Wildman–Crippen MR) is 56.4 cm³/mol. The van der Waals surface area contributed by atoms with Crippen molar-refractivity contribution in [1.29, 1.82) is 0 Å². The van der Waals surface area contributed by atoms with Gasteiger partial charge in [-0.3, -0.25) is 4.90 Å². The van der Waals surface area contributed by atoms with Crippen molar-refractivity contribution < 1.29 is 17.9 Å². The van der Waals surface area contributed by atoms with Gasteiger partial charge in [0.15, 0.2) is 0 Å². The normalized spacial score (nSPS) is 18.3. The zero-order chi connectivity index (χ0) is 12.3. The fourth-order valence-corrected chi connectivity index (χ4v) is 1.85. The second kappa shape index (κ2) is 5.06. The van der Waals surface area contributed by atoms with E-state index in [1.807, 2.05) is 4.90 Å². The molecule has 1 aromatic rings. The Morgan fingerprint density at radius 3 is 2.65 bits per heavy atom. The monoisotopic (exact) mass is 244 g/mol. The first-order valence-corrected chi connectivity index (χ1v) is 5.44. The molecule has 1 saturated heterocycles. The van der Waals surface area contributed by atoms with Gasteiger partial charge in [-0.1, -0.05) is 12.1 Å². The molecule has 1 fully saturated rings. The molecular weight excluding hydrogens is 231 g/mol. The highest BCUT2D eigenvalue weighted by Crippen LogP contribution is 2.32. The molecule has 5 heteroatoms. The van der Waals surface area contributed by atoms with Gasteiger partial charge in [0.2, 0.25) is 0 Å². The van der Waals surface area contributed by atoms with Crippen molar-refractivity contribution in [3.05, 3.63) is 35.4 Å². The average Bonchev–Trinajstić information content (AvgIpc) is 2.30. The summed E-state index contributed by atoms with van der Waals surface area (Å²) >= 11 is 0. The lowest BCUT2D eigenvalue weighted by Gasteiger charge is -2.27. The van der Waals surface area contributed by atoms with Crippen molar-refractivity contribution in [2.75, 3.05) is 26.3 Å². The van der Waals surface area contributed by atoms with Gasteiger partial charge in [-0.05, 0) is 17.7 Å². The maximum Gasteiger partial charge on any atom is 0.416 e. The van der Waals surface area contributed by atoms with E-state index in [9.17, 15) is 13.2 Å². The molecule has 2 rings (SSSR count). The number of hydrogen-bond acceptors (Lipinski definition) is 2. The van der Waals surface area contributed by atoms with E-state index in [-0.39, 0.29) is 12.1 Å². The summed E-state index contributed by atoms with van der Waals surface area (Å²) in [5.74, 6) is 0. The van der Waals surface area contributed by atoms with Gasteiger partial charge in [-0.25, -0.2) is 0 Å². The molecule has 1 heterocycles. The summed E-state index contributed by atoms with van der Waals surface area (Å²) in [5, 5.41) is 0. The van der Waals surface area contributed by atoms with E-state index < -0.39 is 11.7 Å². The Balaban J connectivity index is 2.14. The van der Waals surface area contributed by atoms with Gasteiger partial charge in [0.05, 0.1) is 18.8 Å². The number of halogens is 3. The molecule has 1 aliphatic heterocycles. The van der Waals surface area contributed by atoms with Gasteiger partial charge in [0.1, 0.15) is 0 Å². The first-order chi connectivity index (χ1) is 8.07. The van der Waals surface area contributed by atoms with Crippen molar-refractivity contribution in [2.24, 2.45) is 0 Å². The zero-order valence-corrected chi connectivity index (χ0v) is 9.26. The maximum atomic E-state index is 12.7. The molecule has 0 bridgehead atoms. The van der Waals surface area contributed by atoms with Crippen LogP contribution in [-0.4, -0.2) is 31.2 Å². The van der Waals surface area contributed by atoms with E-state index in [0.29, 0.717) is 26.3 Å². The lowest BCUT2D eigenvalue weighted by Crippen LogP contribution is -2.36. The van der Waals surface area contributed by atoms with Crippen LogP contribution in [0.25, 0.3) is 0 Å². The van der Waals surface area contributed by atoms with Gasteiger partial charge < -0.3 is 4.74 Å². The molecule has 0 spiro atoms. The molecule has 1 radical (unpaired) electrons. The number of rotatable bonds is 2. The number of morpholine rings is 1. The summed E-state index contributed by atoms with van der Waals surface area (Å²) in [6, 6.07) is 6.68. The van der Waals surface area contributed by atoms with Crippen LogP contribution in [0.5, 0.6) is 0 Å². The quantitative estimate of drug-likeness (QED) is 0.791. The SMILES string of the molecule is FC(F)(F)c1ccc[c]c1CN1CCOCC1. The van der Waals surface area contributed by atoms with Crippen LogP contribution in [0.3, 0.4) is 0 Å². The first-order valence-electron chi connectivity index (χ1n) is 5.44. The second-order valence-corrected chi connectivity index (χ2v) is 3.95. The number of ether oxygens (including phenoxy) is 1. The number of alkyl halides is 3. The maximum absolute atomic E-state index is 12.7. The lowest BCUT2D eigenvalue weighted by molar-refractivity contribution is -0.138. The molecule has 0 N–H and O–H groups in total. The van der Waals surface area contributed by atoms with Crippen LogP contribution in [0, 0.1) is 6.07 Å². The molecule has 0 aliphatic carbocycles. The summed E-state index contributed by atoms with van der Waals surface area (Å²) in [4.78, 5) is 1.95. The molecule has 2 nitrogen and oxygen atoms in total. The van der Waals surface area contributed by atoms with E-state index in [1.165, 1.54) is 12.1 Å². The molecule has 93 valence electrons. The lowest BCUT2D eigenvalue weighted by atomic mass is 10.1. The molecule has 0 saturated carbocycles. The van der Waals surface area contributed by atoms with E-state index in [4.69, 9.17) is 4.74 Å². The van der Waals surface area contributed by atoms with Crippen molar-refractivity contribution in [1.82, 2.24) is 4.90 Å². The third-order valence-electron chi connectivity index (χ3n) is 2.73. The molecule has 17 heavy (non-hydrogen) atoms. The largest absolute Gasteiger partial charge is 0.416 e. The van der Waals surface area contributed by atoms with Crippen LogP contribution in [-0.2, 0) is 17.5 Å². The smallest absolute Gasteiger partial charge is 0.379 e. The Morgan fingerprint density at radius 2 is 2.00 bits per heavy atom. The van der Waals surface area contributed by atoms with Crippen LogP contribution < -0.4 is 0 Å². The Kier molecular flexibility index (Phi) is 3.69. The Bertz CT molecular complexity index is 372. The standard InChI is InChI=1S/C12H13F3NO/c13-12(14,15)11-4-2-1-3-10(11)9-16-5-7-17-8-6-16/h1-2,4H,5-9H2. The van der Waals surface area contributed by atoms with Crippen molar-refractivity contribution in [3.63, 3.8) is 0 Å². The summed E-state index contributed by atoms with van der Waals surface area (Å²) < 4.78 is 43.4. The summed E-state index contributed by atoms with van der Waals surface area (Å²) in [5.41, 5.74) is -0.381. The topological polar surface area (TPSA) is 12.5 Å². The van der Waals surface area contributed by atoms with E-state index in [2.05, 4.69) is 6.07 Å². The molecule has 0 amide bonds. The Hall–Kier alpha value is -1.07. The van der Waals surface area contributed by atoms with E-state index in [0.717, 1.165) is 6.07 Å². The fraction of sp³-hybridized carbons (Fsp3) is 0.500. The Morgan fingerprint density at radius 1 is 1.29 bits per heavy atom. The predicted octanol–water partition coefficient (Wildman–Crippen LogP) is 2.34. The van der Waals surface area contributed by atoms with Crippen LogP contribution >= 0.6 is 0 Å². The molecule has 1 aliphatic rings. The van der Waals surface area contributed by atoms with Crippen LogP contribution in [0.2, 0.25) is 0 Å². The van der Waals surface area contributed by atoms with Gasteiger partial charge in [0.25, 0.3) is 0 Å². The first kappa shape index (κ1) is 12.4. The molecular formula is C12H13F3NO. The van der Waals surface area contributed by atoms with Crippen LogP contribution in [0.4, 0.5) is 13.2 Å². The van der Waals surface area contributed by atoms with Crippen molar-refractivity contribution >= 4 is 0 Å². The highest BCUT2D eigenvalue weighted by atomic mass is 19.4. The van der Waals surface area contributed by atoms with E-state index in [1.54, 1.807) is 0 Å².